The van der Waals surface area contributed by atoms with Gasteiger partial charge in [0.1, 0.15) is 18.9 Å². The molecule has 0 spiro atoms. The summed E-state index contributed by atoms with van der Waals surface area (Å²) in [6.07, 6.45) is 1.53. The standard InChI is InChI=1S/C29H21Cl2N3O3/c30-21-14-13-20(24(31)15-21)18-37-27-12-6-1-7-19(27)16-32-33-28(35)17-34-25-10-4-2-8-22(25)29(36)23-9-3-5-11-26(23)34/h1-16H,17-18H2,(H,33,35). The van der Waals surface area contributed by atoms with Gasteiger partial charge in [0.05, 0.1) is 17.2 Å². The first-order valence-electron chi connectivity index (χ1n) is 11.5. The number of aromatic nitrogens is 1. The number of ether oxygens (including phenoxy) is 1. The second-order valence-corrected chi connectivity index (χ2v) is 9.15. The number of hydrogen-bond donors (Lipinski definition) is 1. The van der Waals surface area contributed by atoms with Crippen LogP contribution in [0.4, 0.5) is 0 Å². The first-order valence-corrected chi connectivity index (χ1v) is 12.2. The summed E-state index contributed by atoms with van der Waals surface area (Å²) in [4.78, 5) is 25.8. The minimum absolute atomic E-state index is 0.00808. The molecule has 1 heterocycles. The van der Waals surface area contributed by atoms with E-state index in [0.29, 0.717) is 43.2 Å². The van der Waals surface area contributed by atoms with Crippen LogP contribution in [-0.4, -0.2) is 16.7 Å². The number of fused-ring (bicyclic) bond motifs is 2. The van der Waals surface area contributed by atoms with Gasteiger partial charge in [-0.2, -0.15) is 5.10 Å². The fraction of sp³-hybridized carbons (Fsp3) is 0.0690. The third kappa shape index (κ3) is 5.35. The smallest absolute Gasteiger partial charge is 0.260 e. The van der Waals surface area contributed by atoms with Crippen molar-refractivity contribution in [1.29, 1.82) is 0 Å². The van der Waals surface area contributed by atoms with Gasteiger partial charge in [-0.25, -0.2) is 5.43 Å². The summed E-state index contributed by atoms with van der Waals surface area (Å²) in [5.41, 5.74) is 5.38. The van der Waals surface area contributed by atoms with Gasteiger partial charge < -0.3 is 9.30 Å². The average molecular weight is 530 g/mol. The van der Waals surface area contributed by atoms with E-state index in [4.69, 9.17) is 27.9 Å². The zero-order chi connectivity index (χ0) is 25.8. The van der Waals surface area contributed by atoms with Gasteiger partial charge in [0, 0.05) is 31.9 Å². The summed E-state index contributed by atoms with van der Waals surface area (Å²) in [5.74, 6) is 0.255. The highest BCUT2D eigenvalue weighted by Gasteiger charge is 2.12. The quantitative estimate of drug-likeness (QED) is 0.155. The summed E-state index contributed by atoms with van der Waals surface area (Å²) >= 11 is 12.2. The zero-order valence-electron chi connectivity index (χ0n) is 19.5. The van der Waals surface area contributed by atoms with Gasteiger partial charge in [0.25, 0.3) is 5.91 Å². The summed E-state index contributed by atoms with van der Waals surface area (Å²) in [7, 11) is 0. The lowest BCUT2D eigenvalue weighted by Crippen LogP contribution is -2.25. The number of hydrogen-bond acceptors (Lipinski definition) is 4. The number of rotatable bonds is 7. The van der Waals surface area contributed by atoms with Crippen molar-refractivity contribution >= 4 is 57.1 Å². The number of halogens is 2. The fourth-order valence-corrected chi connectivity index (χ4v) is 4.58. The summed E-state index contributed by atoms with van der Waals surface area (Å²) < 4.78 is 7.76. The third-order valence-corrected chi connectivity index (χ3v) is 6.48. The lowest BCUT2D eigenvalue weighted by molar-refractivity contribution is -0.121. The van der Waals surface area contributed by atoms with Crippen molar-refractivity contribution in [2.75, 3.05) is 0 Å². The van der Waals surface area contributed by atoms with Crippen molar-refractivity contribution in [2.45, 2.75) is 13.2 Å². The van der Waals surface area contributed by atoms with E-state index in [1.165, 1.54) is 6.21 Å². The highest BCUT2D eigenvalue weighted by molar-refractivity contribution is 6.35. The molecular formula is C29H21Cl2N3O3. The number of pyridine rings is 1. The molecule has 184 valence electrons. The van der Waals surface area contributed by atoms with Gasteiger partial charge in [-0.05, 0) is 48.5 Å². The van der Waals surface area contributed by atoms with E-state index < -0.39 is 0 Å². The normalized spacial score (nSPS) is 11.3. The molecule has 0 radical (unpaired) electrons. The van der Waals surface area contributed by atoms with E-state index in [0.717, 1.165) is 5.56 Å². The van der Waals surface area contributed by atoms with Crippen LogP contribution in [0.15, 0.2) is 101 Å². The van der Waals surface area contributed by atoms with E-state index in [2.05, 4.69) is 10.5 Å². The number of amides is 1. The molecule has 5 rings (SSSR count). The maximum absolute atomic E-state index is 12.9. The van der Waals surface area contributed by atoms with Gasteiger partial charge >= 0.3 is 0 Å². The van der Waals surface area contributed by atoms with Crippen LogP contribution in [-0.2, 0) is 17.9 Å². The molecule has 8 heteroatoms. The first-order chi connectivity index (χ1) is 18.0. The average Bonchev–Trinajstić information content (AvgIpc) is 2.91. The maximum atomic E-state index is 12.9. The molecule has 0 aliphatic heterocycles. The number of benzene rings is 4. The number of nitrogens with zero attached hydrogens (tertiary/aromatic N) is 2. The lowest BCUT2D eigenvalue weighted by Gasteiger charge is -2.14. The van der Waals surface area contributed by atoms with Gasteiger partial charge in [-0.15, -0.1) is 0 Å². The second-order valence-electron chi connectivity index (χ2n) is 8.30. The molecule has 0 saturated heterocycles. The van der Waals surface area contributed by atoms with Crippen LogP contribution in [0.2, 0.25) is 10.0 Å². The van der Waals surface area contributed by atoms with Gasteiger partial charge in [0.2, 0.25) is 0 Å². The summed E-state index contributed by atoms with van der Waals surface area (Å²) in [6.45, 7) is 0.242. The Bertz CT molecular complexity index is 1650. The Kier molecular flexibility index (Phi) is 7.21. The van der Waals surface area contributed by atoms with Crippen LogP contribution in [0.3, 0.4) is 0 Å². The first kappa shape index (κ1) is 24.6. The van der Waals surface area contributed by atoms with Crippen molar-refractivity contribution in [1.82, 2.24) is 9.99 Å². The van der Waals surface area contributed by atoms with Crippen molar-refractivity contribution in [3.63, 3.8) is 0 Å². The summed E-state index contributed by atoms with van der Waals surface area (Å²) in [6, 6.07) is 27.1. The molecule has 0 aliphatic carbocycles. The molecule has 1 amide bonds. The fourth-order valence-electron chi connectivity index (χ4n) is 4.11. The van der Waals surface area contributed by atoms with E-state index in [9.17, 15) is 9.59 Å². The Morgan fingerprint density at radius 1 is 0.892 bits per heavy atom. The Balaban J connectivity index is 1.33. The van der Waals surface area contributed by atoms with Crippen molar-refractivity contribution < 1.29 is 9.53 Å². The number of nitrogens with one attached hydrogen (secondary N) is 1. The van der Waals surface area contributed by atoms with Crippen LogP contribution in [0.1, 0.15) is 11.1 Å². The second kappa shape index (κ2) is 10.9. The topological polar surface area (TPSA) is 72.7 Å². The van der Waals surface area contributed by atoms with Gasteiger partial charge in [-0.1, -0.05) is 65.7 Å². The SMILES string of the molecule is O=C(Cn1c2ccccc2c(=O)c2ccccc21)NN=Cc1ccccc1OCc1ccc(Cl)cc1Cl. The maximum Gasteiger partial charge on any atom is 0.260 e. The van der Waals surface area contributed by atoms with Crippen LogP contribution < -0.4 is 15.6 Å². The van der Waals surface area contributed by atoms with Crippen molar-refractivity contribution in [3.8, 4) is 5.75 Å². The third-order valence-electron chi connectivity index (χ3n) is 5.89. The highest BCUT2D eigenvalue weighted by atomic mass is 35.5. The molecule has 0 fully saturated rings. The molecular weight excluding hydrogens is 509 g/mol. The van der Waals surface area contributed by atoms with Crippen LogP contribution >= 0.6 is 23.2 Å². The lowest BCUT2D eigenvalue weighted by atomic mass is 10.1. The predicted octanol–water partition coefficient (Wildman–Crippen LogP) is 6.19. The highest BCUT2D eigenvalue weighted by Crippen LogP contribution is 2.24. The molecule has 0 unspecified atom stereocenters. The van der Waals surface area contributed by atoms with Crippen molar-refractivity contribution in [2.24, 2.45) is 5.10 Å². The molecule has 1 aromatic heterocycles. The summed E-state index contributed by atoms with van der Waals surface area (Å²) in [5, 5.41) is 6.33. The van der Waals surface area contributed by atoms with E-state index in [1.54, 1.807) is 24.3 Å². The van der Waals surface area contributed by atoms with E-state index >= 15 is 0 Å². The Labute approximate surface area is 222 Å². The van der Waals surface area contributed by atoms with Crippen LogP contribution in [0.5, 0.6) is 5.75 Å². The predicted molar refractivity (Wildman–Crippen MR) is 149 cm³/mol. The van der Waals surface area contributed by atoms with Gasteiger partial charge in [0.15, 0.2) is 5.43 Å². The molecule has 4 aromatic carbocycles. The minimum atomic E-state index is -0.332. The molecule has 0 aliphatic rings. The molecule has 0 atom stereocenters. The number of carbonyl (C=O) groups is 1. The van der Waals surface area contributed by atoms with Crippen LogP contribution in [0.25, 0.3) is 21.8 Å². The van der Waals surface area contributed by atoms with Crippen molar-refractivity contribution in [3.05, 3.63) is 122 Å². The molecule has 0 saturated carbocycles. The van der Waals surface area contributed by atoms with E-state index in [1.807, 2.05) is 71.3 Å². The molecule has 6 nitrogen and oxygen atoms in total. The zero-order valence-corrected chi connectivity index (χ0v) is 21.0. The number of para-hydroxylation sites is 3. The Morgan fingerprint density at radius 2 is 1.54 bits per heavy atom. The Morgan fingerprint density at radius 3 is 2.24 bits per heavy atom. The monoisotopic (exact) mass is 529 g/mol. The minimum Gasteiger partial charge on any atom is -0.488 e. The number of hydrazone groups is 1. The molecule has 0 bridgehead atoms. The van der Waals surface area contributed by atoms with Gasteiger partial charge in [-0.3, -0.25) is 9.59 Å². The molecule has 1 N–H and O–H groups in total. The number of carbonyl (C=O) groups excluding carboxylic acids is 1. The van der Waals surface area contributed by atoms with Crippen LogP contribution in [0, 0.1) is 0 Å². The largest absolute Gasteiger partial charge is 0.488 e. The molecule has 37 heavy (non-hydrogen) atoms. The van der Waals surface area contributed by atoms with E-state index in [-0.39, 0.29) is 24.5 Å². The molecule has 5 aromatic rings. The Hall–Kier alpha value is -4.13.